The number of halogens is 1. The third-order valence-electron chi connectivity index (χ3n) is 4.11. The van der Waals surface area contributed by atoms with Crippen LogP contribution in [0.15, 0.2) is 6.20 Å². The molecule has 3 heterocycles. The first-order valence-electron chi connectivity index (χ1n) is 7.51. The molecule has 1 aromatic rings. The van der Waals surface area contributed by atoms with Gasteiger partial charge in [0.1, 0.15) is 0 Å². The minimum Gasteiger partial charge on any atom is -0.378 e. The number of hydrogen-bond acceptors (Lipinski definition) is 6. The lowest BCUT2D eigenvalue weighted by molar-refractivity contribution is -0.123. The van der Waals surface area contributed by atoms with E-state index in [1.807, 2.05) is 9.80 Å². The van der Waals surface area contributed by atoms with Crippen molar-refractivity contribution in [2.75, 3.05) is 56.2 Å². The molecule has 0 aliphatic carbocycles. The number of carbonyl (C=O) groups excluding carboxylic acids is 1. The molecule has 8 heteroatoms. The Bertz CT molecular complexity index is 550. The third-order valence-corrected chi connectivity index (χ3v) is 4.11. The van der Waals surface area contributed by atoms with Gasteiger partial charge in [0.2, 0.25) is 11.9 Å². The first-order valence-corrected chi connectivity index (χ1v) is 7.51. The van der Waals surface area contributed by atoms with Gasteiger partial charge in [-0.25, -0.2) is 9.37 Å². The van der Waals surface area contributed by atoms with Crippen LogP contribution in [0.1, 0.15) is 6.42 Å². The minimum atomic E-state index is -0.423. The van der Waals surface area contributed by atoms with Crippen molar-refractivity contribution in [3.05, 3.63) is 12.0 Å². The van der Waals surface area contributed by atoms with E-state index in [-0.39, 0.29) is 11.8 Å². The van der Waals surface area contributed by atoms with Gasteiger partial charge in [-0.05, 0) is 6.42 Å². The molecule has 0 unspecified atom stereocenters. The van der Waals surface area contributed by atoms with Crippen molar-refractivity contribution < 1.29 is 13.9 Å². The third kappa shape index (κ3) is 2.96. The molecule has 2 aliphatic rings. The van der Waals surface area contributed by atoms with Gasteiger partial charge in [0, 0.05) is 33.2 Å². The van der Waals surface area contributed by atoms with Gasteiger partial charge >= 0.3 is 0 Å². The van der Waals surface area contributed by atoms with Crippen molar-refractivity contribution in [1.82, 2.24) is 15.3 Å². The van der Waals surface area contributed by atoms with Crippen LogP contribution in [0.4, 0.5) is 16.2 Å². The molecular formula is C14H20FN5O2. The van der Waals surface area contributed by atoms with Crippen LogP contribution in [0.25, 0.3) is 0 Å². The lowest BCUT2D eigenvalue weighted by Crippen LogP contribution is -2.38. The molecule has 1 N–H and O–H groups in total. The molecular weight excluding hydrogens is 289 g/mol. The van der Waals surface area contributed by atoms with E-state index in [4.69, 9.17) is 4.74 Å². The van der Waals surface area contributed by atoms with E-state index in [1.165, 1.54) is 6.20 Å². The normalized spacial score (nSPS) is 22.0. The smallest absolute Gasteiger partial charge is 0.227 e. The highest BCUT2D eigenvalue weighted by Crippen LogP contribution is 2.24. The zero-order chi connectivity index (χ0) is 15.5. The Kier molecular flexibility index (Phi) is 4.37. The number of nitrogens with zero attached hydrogens (tertiary/aromatic N) is 4. The van der Waals surface area contributed by atoms with E-state index >= 15 is 0 Å². The first kappa shape index (κ1) is 15.0. The van der Waals surface area contributed by atoms with Crippen molar-refractivity contribution in [3.63, 3.8) is 0 Å². The Morgan fingerprint density at radius 1 is 1.36 bits per heavy atom. The monoisotopic (exact) mass is 309 g/mol. The Balaban J connectivity index is 1.76. The van der Waals surface area contributed by atoms with Crippen LogP contribution in [0, 0.1) is 11.7 Å². The fourth-order valence-electron chi connectivity index (χ4n) is 2.86. The second-order valence-corrected chi connectivity index (χ2v) is 5.49. The van der Waals surface area contributed by atoms with Crippen molar-refractivity contribution in [1.29, 1.82) is 0 Å². The van der Waals surface area contributed by atoms with Crippen LogP contribution in [0.2, 0.25) is 0 Å². The maximum Gasteiger partial charge on any atom is 0.227 e. The van der Waals surface area contributed by atoms with Crippen LogP contribution < -0.4 is 15.1 Å². The summed E-state index contributed by atoms with van der Waals surface area (Å²) in [5, 5.41) is 2.66. The zero-order valence-corrected chi connectivity index (χ0v) is 12.6. The van der Waals surface area contributed by atoms with Gasteiger partial charge < -0.3 is 19.9 Å². The summed E-state index contributed by atoms with van der Waals surface area (Å²) in [4.78, 5) is 24.0. The van der Waals surface area contributed by atoms with Crippen molar-refractivity contribution in [2.24, 2.45) is 5.92 Å². The van der Waals surface area contributed by atoms with Crippen LogP contribution in [0.3, 0.4) is 0 Å². The molecule has 2 saturated heterocycles. The summed E-state index contributed by atoms with van der Waals surface area (Å²) in [6.45, 7) is 3.64. The molecule has 0 bridgehead atoms. The van der Waals surface area contributed by atoms with Gasteiger partial charge in [-0.15, -0.1) is 0 Å². The molecule has 2 fully saturated rings. The summed E-state index contributed by atoms with van der Waals surface area (Å²) in [6, 6.07) is 0. The number of rotatable bonds is 3. The molecule has 1 amide bonds. The Morgan fingerprint density at radius 2 is 2.14 bits per heavy atom. The summed E-state index contributed by atoms with van der Waals surface area (Å²) in [7, 11) is 1.63. The molecule has 0 radical (unpaired) electrons. The highest BCUT2D eigenvalue weighted by atomic mass is 19.1. The predicted molar refractivity (Wildman–Crippen MR) is 79.4 cm³/mol. The summed E-state index contributed by atoms with van der Waals surface area (Å²) in [5.74, 6) is 0.335. The van der Waals surface area contributed by atoms with Crippen LogP contribution in [0.5, 0.6) is 0 Å². The summed E-state index contributed by atoms with van der Waals surface area (Å²) in [6.07, 6.45) is 1.97. The fourth-order valence-corrected chi connectivity index (χ4v) is 2.86. The number of carbonyl (C=O) groups is 1. The average Bonchev–Trinajstić information content (AvgIpc) is 3.05. The number of anilines is 2. The van der Waals surface area contributed by atoms with Gasteiger partial charge in [-0.3, -0.25) is 4.79 Å². The standard InChI is InChI=1S/C14H20FN5O2/c1-16-13(21)10-2-3-20(9-10)14-17-8-11(15)12(18-14)19-4-6-22-7-5-19/h8,10H,2-7,9H2,1H3,(H,16,21)/t10-/m0/s1. The van der Waals surface area contributed by atoms with Crippen molar-refractivity contribution >= 4 is 17.7 Å². The molecule has 1 aromatic heterocycles. The number of ether oxygens (including phenoxy) is 1. The number of morpholine rings is 1. The minimum absolute atomic E-state index is 0.0259. The van der Waals surface area contributed by atoms with E-state index in [9.17, 15) is 9.18 Å². The van der Waals surface area contributed by atoms with E-state index in [2.05, 4.69) is 15.3 Å². The van der Waals surface area contributed by atoms with E-state index in [0.29, 0.717) is 51.2 Å². The van der Waals surface area contributed by atoms with E-state index < -0.39 is 5.82 Å². The maximum atomic E-state index is 14.0. The largest absolute Gasteiger partial charge is 0.378 e. The lowest BCUT2D eigenvalue weighted by atomic mass is 10.1. The maximum absolute atomic E-state index is 14.0. The summed E-state index contributed by atoms with van der Waals surface area (Å²) < 4.78 is 19.3. The van der Waals surface area contributed by atoms with Gasteiger partial charge in [0.25, 0.3) is 0 Å². The summed E-state index contributed by atoms with van der Waals surface area (Å²) >= 11 is 0. The van der Waals surface area contributed by atoms with Crippen molar-refractivity contribution in [2.45, 2.75) is 6.42 Å². The van der Waals surface area contributed by atoms with Crippen molar-refractivity contribution in [3.8, 4) is 0 Å². The quantitative estimate of drug-likeness (QED) is 0.849. The highest BCUT2D eigenvalue weighted by Gasteiger charge is 2.30. The molecule has 2 aliphatic heterocycles. The van der Waals surface area contributed by atoms with Gasteiger partial charge in [-0.2, -0.15) is 4.98 Å². The van der Waals surface area contributed by atoms with E-state index in [1.54, 1.807) is 7.05 Å². The Morgan fingerprint density at radius 3 is 2.86 bits per heavy atom. The average molecular weight is 309 g/mol. The summed E-state index contributed by atoms with van der Waals surface area (Å²) in [5.41, 5.74) is 0. The topological polar surface area (TPSA) is 70.6 Å². The second-order valence-electron chi connectivity index (χ2n) is 5.49. The second kappa shape index (κ2) is 6.43. The van der Waals surface area contributed by atoms with Crippen LogP contribution >= 0.6 is 0 Å². The predicted octanol–water partition coefficient (Wildman–Crippen LogP) is 0.0246. The van der Waals surface area contributed by atoms with Crippen LogP contribution in [-0.2, 0) is 9.53 Å². The van der Waals surface area contributed by atoms with Gasteiger partial charge in [0.05, 0.1) is 25.3 Å². The van der Waals surface area contributed by atoms with Gasteiger partial charge in [0.15, 0.2) is 11.6 Å². The molecule has 3 rings (SSSR count). The zero-order valence-electron chi connectivity index (χ0n) is 12.6. The molecule has 120 valence electrons. The molecule has 1 atom stereocenters. The highest BCUT2D eigenvalue weighted by molar-refractivity contribution is 5.79. The number of amides is 1. The Hall–Kier alpha value is -1.96. The number of nitrogens with one attached hydrogen (secondary N) is 1. The van der Waals surface area contributed by atoms with E-state index in [0.717, 1.165) is 6.42 Å². The number of aromatic nitrogens is 2. The molecule has 7 nitrogen and oxygen atoms in total. The fraction of sp³-hybridized carbons (Fsp3) is 0.643. The van der Waals surface area contributed by atoms with Crippen LogP contribution in [-0.4, -0.2) is 62.3 Å². The number of hydrogen-bond donors (Lipinski definition) is 1. The van der Waals surface area contributed by atoms with Gasteiger partial charge in [-0.1, -0.05) is 0 Å². The molecule has 0 spiro atoms. The molecule has 22 heavy (non-hydrogen) atoms. The lowest BCUT2D eigenvalue weighted by Gasteiger charge is -2.28. The Labute approximate surface area is 128 Å². The molecule has 0 saturated carbocycles. The first-order chi connectivity index (χ1) is 10.7. The molecule has 0 aromatic carbocycles. The SMILES string of the molecule is CNC(=O)[C@H]1CCN(c2ncc(F)c(N3CCOCC3)n2)C1.